The molecule has 0 aromatic heterocycles. The van der Waals surface area contributed by atoms with Crippen LogP contribution in [0.5, 0.6) is 0 Å². The molecule has 0 unspecified atom stereocenters. The van der Waals surface area contributed by atoms with Crippen LogP contribution in [0.1, 0.15) is 42.7 Å². The predicted octanol–water partition coefficient (Wildman–Crippen LogP) is 3.71. The third-order valence-electron chi connectivity index (χ3n) is 6.88. The molecule has 202 valence electrons. The summed E-state index contributed by atoms with van der Waals surface area (Å²) in [7, 11) is 0. The summed E-state index contributed by atoms with van der Waals surface area (Å²) in [4.78, 5) is 44.5. The number of amides is 3. The van der Waals surface area contributed by atoms with E-state index in [1.165, 1.54) is 35.2 Å². The van der Waals surface area contributed by atoms with Gasteiger partial charge in [0.2, 0.25) is 0 Å². The van der Waals surface area contributed by atoms with Gasteiger partial charge in [0, 0.05) is 44.5 Å². The molecule has 38 heavy (non-hydrogen) atoms. The van der Waals surface area contributed by atoms with Gasteiger partial charge in [-0.2, -0.15) is 0 Å². The van der Waals surface area contributed by atoms with Crippen molar-refractivity contribution in [2.75, 3.05) is 39.3 Å². The van der Waals surface area contributed by atoms with Crippen LogP contribution in [0.3, 0.4) is 0 Å². The molecule has 4 rings (SSSR count). The summed E-state index contributed by atoms with van der Waals surface area (Å²) in [6, 6.07) is 10.2. The van der Waals surface area contributed by atoms with Crippen molar-refractivity contribution in [1.82, 2.24) is 20.0 Å². The fourth-order valence-corrected chi connectivity index (χ4v) is 5.07. The number of ether oxygens (including phenoxy) is 1. The Morgan fingerprint density at radius 3 is 2.50 bits per heavy atom. The summed E-state index contributed by atoms with van der Waals surface area (Å²) in [5.41, 5.74) is 1.18. The number of hydrogen-bond donors (Lipinski definition) is 1. The Labute approximate surface area is 220 Å². The van der Waals surface area contributed by atoms with Crippen LogP contribution in [0, 0.1) is 11.6 Å². The minimum atomic E-state index is -0.878. The van der Waals surface area contributed by atoms with Gasteiger partial charge in [0.25, 0.3) is 5.91 Å². The summed E-state index contributed by atoms with van der Waals surface area (Å²) < 4.78 is 33.7. The molecule has 2 aliphatic heterocycles. The molecule has 10 heteroatoms. The number of esters is 1. The molecule has 0 aliphatic carbocycles. The molecular formula is C28H32F2N4O4. The summed E-state index contributed by atoms with van der Waals surface area (Å²) >= 11 is 0. The largest absolute Gasteiger partial charge is 0.463 e. The average molecular weight is 527 g/mol. The normalized spacial score (nSPS) is 20.4. The lowest BCUT2D eigenvalue weighted by atomic mass is 9.94. The lowest BCUT2D eigenvalue weighted by Gasteiger charge is -2.43. The van der Waals surface area contributed by atoms with E-state index in [1.54, 1.807) is 36.9 Å². The molecule has 0 spiro atoms. The summed E-state index contributed by atoms with van der Waals surface area (Å²) in [5.74, 6) is -2.01. The highest BCUT2D eigenvalue weighted by atomic mass is 19.1. The van der Waals surface area contributed by atoms with Crippen LogP contribution in [0.15, 0.2) is 59.8 Å². The topological polar surface area (TPSA) is 82.2 Å². The molecule has 1 fully saturated rings. The molecular weight excluding hydrogens is 494 g/mol. The minimum Gasteiger partial charge on any atom is -0.463 e. The van der Waals surface area contributed by atoms with Crippen LogP contribution in [0.25, 0.3) is 0 Å². The van der Waals surface area contributed by atoms with Gasteiger partial charge in [0.05, 0.1) is 23.8 Å². The quantitative estimate of drug-likeness (QED) is 0.557. The van der Waals surface area contributed by atoms with Gasteiger partial charge >= 0.3 is 12.0 Å². The van der Waals surface area contributed by atoms with Crippen LogP contribution in [0.4, 0.5) is 13.6 Å². The van der Waals surface area contributed by atoms with Gasteiger partial charge in [-0.05, 0) is 50.6 Å². The zero-order chi connectivity index (χ0) is 27.4. The fourth-order valence-electron chi connectivity index (χ4n) is 5.07. The number of hydrogen-bond acceptors (Lipinski definition) is 5. The van der Waals surface area contributed by atoms with Crippen LogP contribution in [-0.2, 0) is 9.53 Å². The Kier molecular flexibility index (Phi) is 8.41. The van der Waals surface area contributed by atoms with Crippen LogP contribution >= 0.6 is 0 Å². The van der Waals surface area contributed by atoms with E-state index in [-0.39, 0.29) is 36.2 Å². The summed E-state index contributed by atoms with van der Waals surface area (Å²) in [5, 5.41) is 2.83. The second-order valence-corrected chi connectivity index (χ2v) is 9.33. The van der Waals surface area contributed by atoms with E-state index in [0.717, 1.165) is 0 Å². The van der Waals surface area contributed by atoms with Gasteiger partial charge in [-0.3, -0.25) is 14.6 Å². The van der Waals surface area contributed by atoms with Crippen molar-refractivity contribution < 1.29 is 27.9 Å². The molecule has 1 N–H and O–H groups in total. The van der Waals surface area contributed by atoms with E-state index in [1.807, 2.05) is 11.8 Å². The fraction of sp³-hybridized carbons (Fsp3) is 0.393. The SMILES string of the molecule is CCOC(=O)C1=C(CN2CCN(C(=O)c3ccccc3F)[C@H](C)C2)N(CC)C(=O)N[C@@H]1c1cccc(F)c1. The first-order valence-electron chi connectivity index (χ1n) is 12.8. The number of carbonyl (C=O) groups is 3. The van der Waals surface area contributed by atoms with E-state index < -0.39 is 29.7 Å². The standard InChI is InChI=1S/C28H32F2N4O4/c1-4-33-23(17-32-13-14-34(18(3)16-32)26(35)21-11-6-7-12-22(21)30)24(27(36)38-5-2)25(31-28(33)37)19-9-8-10-20(29)15-19/h6-12,15,18,25H,4-5,13-14,16-17H2,1-3H3,(H,31,37)/t18-,25-/m1/s1. The Hall–Kier alpha value is -3.79. The number of rotatable bonds is 7. The number of carbonyl (C=O) groups excluding carboxylic acids is 3. The first-order chi connectivity index (χ1) is 18.2. The predicted molar refractivity (Wildman–Crippen MR) is 137 cm³/mol. The minimum absolute atomic E-state index is 0.0270. The van der Waals surface area contributed by atoms with Crippen molar-refractivity contribution in [3.63, 3.8) is 0 Å². The number of benzene rings is 2. The van der Waals surface area contributed by atoms with Crippen LogP contribution in [-0.4, -0.2) is 78.0 Å². The molecule has 1 saturated heterocycles. The van der Waals surface area contributed by atoms with Crippen molar-refractivity contribution in [3.8, 4) is 0 Å². The van der Waals surface area contributed by atoms with E-state index >= 15 is 0 Å². The Morgan fingerprint density at radius 1 is 1.08 bits per heavy atom. The first-order valence-corrected chi connectivity index (χ1v) is 12.8. The van der Waals surface area contributed by atoms with E-state index in [2.05, 4.69) is 5.32 Å². The molecule has 0 radical (unpaired) electrons. The van der Waals surface area contributed by atoms with Gasteiger partial charge in [0.15, 0.2) is 0 Å². The molecule has 2 aromatic carbocycles. The molecule has 8 nitrogen and oxygen atoms in total. The van der Waals surface area contributed by atoms with Crippen molar-refractivity contribution in [3.05, 3.63) is 82.6 Å². The Bertz CT molecular complexity index is 1250. The van der Waals surface area contributed by atoms with Crippen molar-refractivity contribution in [1.29, 1.82) is 0 Å². The molecule has 3 amide bonds. The maximum atomic E-state index is 14.2. The second-order valence-electron chi connectivity index (χ2n) is 9.33. The zero-order valence-electron chi connectivity index (χ0n) is 21.7. The summed E-state index contributed by atoms with van der Waals surface area (Å²) in [6.45, 7) is 7.32. The van der Waals surface area contributed by atoms with Gasteiger partial charge in [-0.25, -0.2) is 18.4 Å². The average Bonchev–Trinajstić information content (AvgIpc) is 2.88. The van der Waals surface area contributed by atoms with Gasteiger partial charge < -0.3 is 15.0 Å². The highest BCUT2D eigenvalue weighted by Gasteiger charge is 2.39. The molecule has 0 bridgehead atoms. The maximum absolute atomic E-state index is 14.2. The van der Waals surface area contributed by atoms with Crippen molar-refractivity contribution in [2.24, 2.45) is 0 Å². The lowest BCUT2D eigenvalue weighted by Crippen LogP contribution is -2.56. The number of nitrogens with zero attached hydrogens (tertiary/aromatic N) is 3. The van der Waals surface area contributed by atoms with E-state index in [9.17, 15) is 23.2 Å². The highest BCUT2D eigenvalue weighted by Crippen LogP contribution is 2.32. The van der Waals surface area contributed by atoms with Gasteiger partial charge in [-0.15, -0.1) is 0 Å². The summed E-state index contributed by atoms with van der Waals surface area (Å²) in [6.07, 6.45) is 0. The highest BCUT2D eigenvalue weighted by molar-refractivity contribution is 5.96. The number of urea groups is 1. The van der Waals surface area contributed by atoms with Crippen LogP contribution < -0.4 is 5.32 Å². The van der Waals surface area contributed by atoms with E-state index in [4.69, 9.17) is 4.74 Å². The number of nitrogens with one attached hydrogen (secondary N) is 1. The Morgan fingerprint density at radius 2 is 1.84 bits per heavy atom. The number of piperazine rings is 1. The van der Waals surface area contributed by atoms with Crippen molar-refractivity contribution in [2.45, 2.75) is 32.9 Å². The molecule has 2 atom stereocenters. The molecule has 2 heterocycles. The number of likely N-dealkylation sites (N-methyl/N-ethyl adjacent to an activating group) is 1. The lowest BCUT2D eigenvalue weighted by molar-refractivity contribution is -0.139. The van der Waals surface area contributed by atoms with E-state index in [0.29, 0.717) is 37.4 Å². The van der Waals surface area contributed by atoms with Gasteiger partial charge in [-0.1, -0.05) is 24.3 Å². The third kappa shape index (κ3) is 5.55. The smallest absolute Gasteiger partial charge is 0.338 e. The first kappa shape index (κ1) is 27.3. The Balaban J connectivity index is 1.64. The molecule has 2 aliphatic rings. The van der Waals surface area contributed by atoms with Gasteiger partial charge in [0.1, 0.15) is 11.6 Å². The van der Waals surface area contributed by atoms with Crippen molar-refractivity contribution >= 4 is 17.9 Å². The third-order valence-corrected chi connectivity index (χ3v) is 6.88. The number of halogens is 2. The second kappa shape index (κ2) is 11.7. The molecule has 0 saturated carbocycles. The maximum Gasteiger partial charge on any atom is 0.338 e. The molecule has 2 aromatic rings. The van der Waals surface area contributed by atoms with Crippen LogP contribution in [0.2, 0.25) is 0 Å². The monoisotopic (exact) mass is 526 g/mol. The zero-order valence-corrected chi connectivity index (χ0v) is 21.7.